The van der Waals surface area contributed by atoms with E-state index in [1.807, 2.05) is 43.0 Å². The Hall–Kier alpha value is -2.38. The van der Waals surface area contributed by atoms with Gasteiger partial charge in [-0.15, -0.1) is 11.3 Å². The van der Waals surface area contributed by atoms with E-state index in [-0.39, 0.29) is 11.5 Å². The molecule has 0 aliphatic carbocycles. The highest BCUT2D eigenvalue weighted by molar-refractivity contribution is 7.18. The molecule has 152 valence electrons. The van der Waals surface area contributed by atoms with E-state index in [1.54, 1.807) is 10.9 Å². The monoisotopic (exact) mass is 430 g/mol. The van der Waals surface area contributed by atoms with Crippen LogP contribution in [0.15, 0.2) is 35.4 Å². The quantitative estimate of drug-likeness (QED) is 0.636. The maximum atomic E-state index is 12.8. The first-order valence-corrected chi connectivity index (χ1v) is 10.9. The van der Waals surface area contributed by atoms with E-state index in [9.17, 15) is 9.59 Å². The Morgan fingerprint density at radius 3 is 2.69 bits per heavy atom. The maximum Gasteiger partial charge on any atom is 0.262 e. The number of hydrogen-bond acceptors (Lipinski definition) is 5. The van der Waals surface area contributed by atoms with Gasteiger partial charge in [0, 0.05) is 54.7 Å². The second kappa shape index (κ2) is 8.16. The summed E-state index contributed by atoms with van der Waals surface area (Å²) in [5.74, 6) is 0.0703. The van der Waals surface area contributed by atoms with E-state index in [2.05, 4.69) is 9.88 Å². The minimum absolute atomic E-state index is 0.0598. The number of aryl methyl sites for hydroxylation is 3. The van der Waals surface area contributed by atoms with Crippen LogP contribution in [-0.4, -0.2) is 46.5 Å². The Bertz CT molecular complexity index is 1120. The summed E-state index contributed by atoms with van der Waals surface area (Å²) in [6.45, 7) is 7.17. The molecule has 0 spiro atoms. The van der Waals surface area contributed by atoms with Gasteiger partial charge in [-0.05, 0) is 37.6 Å². The highest BCUT2D eigenvalue weighted by Crippen LogP contribution is 2.25. The molecule has 0 bridgehead atoms. The van der Waals surface area contributed by atoms with Gasteiger partial charge in [0.1, 0.15) is 4.83 Å². The molecule has 29 heavy (non-hydrogen) atoms. The van der Waals surface area contributed by atoms with Crippen molar-refractivity contribution < 1.29 is 4.79 Å². The predicted octanol–water partition coefficient (Wildman–Crippen LogP) is 3.47. The molecule has 1 aromatic carbocycles. The standard InChI is InChI=1S/C21H23ClN4O2S/c1-14-15(2)29-20-19(14)21(28)26(13-23-20)7-6-18(27)25-10-8-24(9-11-25)17-5-3-4-16(22)12-17/h3-5,12-13H,6-11H2,1-2H3. The Morgan fingerprint density at radius 2 is 1.97 bits per heavy atom. The number of thiophene rings is 1. The summed E-state index contributed by atoms with van der Waals surface area (Å²) >= 11 is 7.61. The van der Waals surface area contributed by atoms with Crippen LogP contribution in [0.3, 0.4) is 0 Å². The van der Waals surface area contributed by atoms with Crippen molar-refractivity contribution in [3.8, 4) is 0 Å². The summed E-state index contributed by atoms with van der Waals surface area (Å²) in [6, 6.07) is 7.78. The molecule has 3 heterocycles. The second-order valence-electron chi connectivity index (χ2n) is 7.30. The summed E-state index contributed by atoms with van der Waals surface area (Å²) in [7, 11) is 0. The van der Waals surface area contributed by atoms with E-state index < -0.39 is 0 Å². The Labute approximate surface area is 178 Å². The highest BCUT2D eigenvalue weighted by Gasteiger charge is 2.21. The number of hydrogen-bond donors (Lipinski definition) is 0. The molecule has 0 atom stereocenters. The van der Waals surface area contributed by atoms with Crippen molar-refractivity contribution in [3.05, 3.63) is 56.4 Å². The van der Waals surface area contributed by atoms with Crippen LogP contribution < -0.4 is 10.5 Å². The second-order valence-corrected chi connectivity index (χ2v) is 8.94. The molecule has 0 N–H and O–H groups in total. The predicted molar refractivity (Wildman–Crippen MR) is 118 cm³/mol. The number of carbonyl (C=O) groups is 1. The number of aromatic nitrogens is 2. The largest absolute Gasteiger partial charge is 0.368 e. The molecule has 0 saturated carbocycles. The molecule has 1 aliphatic rings. The fourth-order valence-corrected chi connectivity index (χ4v) is 4.86. The van der Waals surface area contributed by atoms with Gasteiger partial charge in [-0.2, -0.15) is 0 Å². The molecule has 1 saturated heterocycles. The van der Waals surface area contributed by atoms with Crippen LogP contribution in [0.1, 0.15) is 16.9 Å². The maximum absolute atomic E-state index is 12.8. The van der Waals surface area contributed by atoms with Crippen molar-refractivity contribution in [3.63, 3.8) is 0 Å². The van der Waals surface area contributed by atoms with Crippen LogP contribution in [0, 0.1) is 13.8 Å². The molecule has 2 aromatic heterocycles. The third-order valence-corrected chi connectivity index (χ3v) is 6.88. The number of rotatable bonds is 4. The molecule has 4 rings (SSSR count). The summed E-state index contributed by atoms with van der Waals surface area (Å²) in [5, 5.41) is 1.39. The average molecular weight is 431 g/mol. The van der Waals surface area contributed by atoms with Crippen molar-refractivity contribution in [2.75, 3.05) is 31.1 Å². The molecule has 1 amide bonds. The molecule has 6 nitrogen and oxygen atoms in total. The Kier molecular flexibility index (Phi) is 5.61. The summed E-state index contributed by atoms with van der Waals surface area (Å²) in [5.41, 5.74) is 2.01. The number of carbonyl (C=O) groups excluding carboxylic acids is 1. The molecule has 1 aliphatic heterocycles. The fourth-order valence-electron chi connectivity index (χ4n) is 3.69. The molecular formula is C21H23ClN4O2S. The molecule has 0 radical (unpaired) electrons. The van der Waals surface area contributed by atoms with Gasteiger partial charge < -0.3 is 9.80 Å². The minimum atomic E-state index is -0.0598. The van der Waals surface area contributed by atoms with Gasteiger partial charge in [0.25, 0.3) is 5.56 Å². The zero-order chi connectivity index (χ0) is 20.5. The number of benzene rings is 1. The van der Waals surface area contributed by atoms with E-state index in [0.717, 1.165) is 34.0 Å². The van der Waals surface area contributed by atoms with Crippen molar-refractivity contribution >= 4 is 44.7 Å². The van der Waals surface area contributed by atoms with Crippen molar-refractivity contribution in [2.24, 2.45) is 0 Å². The smallest absolute Gasteiger partial charge is 0.262 e. The zero-order valence-corrected chi connectivity index (χ0v) is 18.1. The van der Waals surface area contributed by atoms with E-state index >= 15 is 0 Å². The zero-order valence-electron chi connectivity index (χ0n) is 16.5. The first-order chi connectivity index (χ1) is 13.9. The van der Waals surface area contributed by atoms with Crippen LogP contribution >= 0.6 is 22.9 Å². The van der Waals surface area contributed by atoms with Crippen LogP contribution in [-0.2, 0) is 11.3 Å². The van der Waals surface area contributed by atoms with Crippen LogP contribution in [0.2, 0.25) is 5.02 Å². The van der Waals surface area contributed by atoms with Gasteiger partial charge in [0.2, 0.25) is 5.91 Å². The number of nitrogens with zero attached hydrogens (tertiary/aromatic N) is 4. The van der Waals surface area contributed by atoms with Gasteiger partial charge >= 0.3 is 0 Å². The lowest BCUT2D eigenvalue weighted by Crippen LogP contribution is -2.49. The average Bonchev–Trinajstić information content (AvgIpc) is 3.02. The first kappa shape index (κ1) is 19.9. The number of amides is 1. The lowest BCUT2D eigenvalue weighted by atomic mass is 10.2. The highest BCUT2D eigenvalue weighted by atomic mass is 35.5. The summed E-state index contributed by atoms with van der Waals surface area (Å²) in [6.07, 6.45) is 1.86. The third-order valence-electron chi connectivity index (χ3n) is 5.53. The summed E-state index contributed by atoms with van der Waals surface area (Å²) in [4.78, 5) is 35.8. The van der Waals surface area contributed by atoms with Crippen LogP contribution in [0.25, 0.3) is 10.2 Å². The SMILES string of the molecule is Cc1sc2ncn(CCC(=O)N3CCN(c4cccc(Cl)c4)CC3)c(=O)c2c1C. The van der Waals surface area contributed by atoms with Crippen LogP contribution in [0.5, 0.6) is 0 Å². The lowest BCUT2D eigenvalue weighted by Gasteiger charge is -2.36. The molecule has 3 aromatic rings. The Morgan fingerprint density at radius 1 is 1.21 bits per heavy atom. The number of halogens is 1. The molecule has 8 heteroatoms. The summed E-state index contributed by atoms with van der Waals surface area (Å²) < 4.78 is 1.56. The first-order valence-electron chi connectivity index (χ1n) is 9.67. The third kappa shape index (κ3) is 4.02. The van der Waals surface area contributed by atoms with E-state index in [1.165, 1.54) is 11.3 Å². The molecule has 0 unspecified atom stereocenters. The van der Waals surface area contributed by atoms with Gasteiger partial charge in [0.15, 0.2) is 0 Å². The number of anilines is 1. The van der Waals surface area contributed by atoms with Gasteiger partial charge in [0.05, 0.1) is 11.7 Å². The van der Waals surface area contributed by atoms with E-state index in [4.69, 9.17) is 11.6 Å². The fraction of sp³-hybridized carbons (Fsp3) is 0.381. The van der Waals surface area contributed by atoms with Gasteiger partial charge in [-0.25, -0.2) is 4.98 Å². The van der Waals surface area contributed by atoms with E-state index in [0.29, 0.717) is 36.5 Å². The molecular weight excluding hydrogens is 408 g/mol. The normalized spacial score (nSPS) is 14.6. The number of fused-ring (bicyclic) bond motifs is 1. The molecule has 1 fully saturated rings. The number of piperazine rings is 1. The Balaban J connectivity index is 1.37. The van der Waals surface area contributed by atoms with Crippen molar-refractivity contribution in [1.82, 2.24) is 14.5 Å². The lowest BCUT2D eigenvalue weighted by molar-refractivity contribution is -0.131. The topological polar surface area (TPSA) is 58.4 Å². The minimum Gasteiger partial charge on any atom is -0.368 e. The van der Waals surface area contributed by atoms with Gasteiger partial charge in [-0.1, -0.05) is 17.7 Å². The van der Waals surface area contributed by atoms with Crippen molar-refractivity contribution in [1.29, 1.82) is 0 Å². The van der Waals surface area contributed by atoms with Crippen LogP contribution in [0.4, 0.5) is 5.69 Å². The van der Waals surface area contributed by atoms with Gasteiger partial charge in [-0.3, -0.25) is 14.2 Å². The van der Waals surface area contributed by atoms with Crippen molar-refractivity contribution in [2.45, 2.75) is 26.8 Å².